The monoisotopic (exact) mass is 500 g/mol. The van der Waals surface area contributed by atoms with Gasteiger partial charge in [-0.05, 0) is 68.9 Å². The van der Waals surface area contributed by atoms with Crippen molar-refractivity contribution in [1.82, 2.24) is 9.80 Å². The Morgan fingerprint density at radius 1 is 1.09 bits per heavy atom. The maximum absolute atomic E-state index is 13.2. The third-order valence-corrected chi connectivity index (χ3v) is 6.54. The third-order valence-electron chi connectivity index (χ3n) is 6.24. The summed E-state index contributed by atoms with van der Waals surface area (Å²) in [5.74, 6) is -0.458. The van der Waals surface area contributed by atoms with Gasteiger partial charge in [0, 0.05) is 12.1 Å². The number of aliphatic hydroxyl groups excluding tert-OH is 1. The van der Waals surface area contributed by atoms with Crippen LogP contribution in [0.4, 0.5) is 0 Å². The van der Waals surface area contributed by atoms with Crippen molar-refractivity contribution in [2.75, 3.05) is 39.9 Å². The average Bonchev–Trinajstić information content (AvgIpc) is 3.12. The van der Waals surface area contributed by atoms with Gasteiger partial charge in [-0.1, -0.05) is 37.6 Å². The molecule has 1 N–H and O–H groups in total. The molecule has 0 aromatic heterocycles. The molecule has 188 valence electrons. The van der Waals surface area contributed by atoms with Crippen LogP contribution in [-0.4, -0.2) is 66.5 Å². The van der Waals surface area contributed by atoms with Gasteiger partial charge < -0.3 is 24.4 Å². The minimum atomic E-state index is -0.719. The van der Waals surface area contributed by atoms with Crippen LogP contribution in [0.1, 0.15) is 44.4 Å². The summed E-state index contributed by atoms with van der Waals surface area (Å²) >= 11 is 6.33. The first kappa shape index (κ1) is 26.6. The minimum absolute atomic E-state index is 0.0447. The molecule has 1 fully saturated rings. The quantitative estimate of drug-likeness (QED) is 0.268. The second kappa shape index (κ2) is 12.1. The lowest BCUT2D eigenvalue weighted by Gasteiger charge is -2.27. The van der Waals surface area contributed by atoms with Gasteiger partial charge in [0.1, 0.15) is 17.3 Å². The first-order valence-electron chi connectivity index (χ1n) is 11.9. The number of methoxy groups -OCH3 is 1. The van der Waals surface area contributed by atoms with Crippen molar-refractivity contribution in [2.45, 2.75) is 33.2 Å². The number of aliphatic hydroxyl groups is 1. The fourth-order valence-electron chi connectivity index (χ4n) is 4.32. The summed E-state index contributed by atoms with van der Waals surface area (Å²) in [5.41, 5.74) is 1.10. The van der Waals surface area contributed by atoms with Gasteiger partial charge in [-0.15, -0.1) is 0 Å². The highest BCUT2D eigenvalue weighted by molar-refractivity contribution is 6.46. The van der Waals surface area contributed by atoms with E-state index >= 15 is 0 Å². The van der Waals surface area contributed by atoms with E-state index < -0.39 is 17.7 Å². The van der Waals surface area contributed by atoms with E-state index in [1.54, 1.807) is 42.3 Å². The zero-order valence-electron chi connectivity index (χ0n) is 20.7. The summed E-state index contributed by atoms with van der Waals surface area (Å²) in [6, 6.07) is 11.3. The first-order valence-corrected chi connectivity index (χ1v) is 12.3. The molecular formula is C27H33ClN2O5. The van der Waals surface area contributed by atoms with Crippen molar-refractivity contribution in [1.29, 1.82) is 0 Å². The van der Waals surface area contributed by atoms with Crippen molar-refractivity contribution in [3.63, 3.8) is 0 Å². The highest BCUT2D eigenvalue weighted by Crippen LogP contribution is 2.40. The molecule has 0 radical (unpaired) electrons. The van der Waals surface area contributed by atoms with E-state index in [1.165, 1.54) is 0 Å². The van der Waals surface area contributed by atoms with Gasteiger partial charge in [-0.25, -0.2) is 0 Å². The minimum Gasteiger partial charge on any atom is -0.507 e. The third kappa shape index (κ3) is 5.80. The second-order valence-corrected chi connectivity index (χ2v) is 8.63. The van der Waals surface area contributed by atoms with Crippen LogP contribution in [0.5, 0.6) is 11.5 Å². The van der Waals surface area contributed by atoms with Gasteiger partial charge in [-0.3, -0.25) is 9.59 Å². The van der Waals surface area contributed by atoms with Crippen LogP contribution in [0.15, 0.2) is 48.0 Å². The first-order chi connectivity index (χ1) is 16.9. The number of carbonyl (C=O) groups excluding carboxylic acids is 2. The van der Waals surface area contributed by atoms with Crippen molar-refractivity contribution in [2.24, 2.45) is 0 Å². The maximum atomic E-state index is 13.2. The molecule has 1 saturated heterocycles. The Morgan fingerprint density at radius 2 is 1.77 bits per heavy atom. The Morgan fingerprint density at radius 3 is 2.34 bits per heavy atom. The Bertz CT molecular complexity index is 1080. The summed E-state index contributed by atoms with van der Waals surface area (Å²) in [7, 11) is 1.57. The highest BCUT2D eigenvalue weighted by Gasteiger charge is 2.45. The molecule has 3 rings (SSSR count). The lowest BCUT2D eigenvalue weighted by atomic mass is 9.95. The summed E-state index contributed by atoms with van der Waals surface area (Å²) < 4.78 is 10.7. The molecule has 1 atom stereocenters. The Balaban J connectivity index is 2.04. The molecule has 1 aliphatic heterocycles. The van der Waals surface area contributed by atoms with Crippen LogP contribution in [0.25, 0.3) is 5.76 Å². The molecule has 8 heteroatoms. The van der Waals surface area contributed by atoms with Gasteiger partial charge in [0.05, 0.1) is 30.4 Å². The molecule has 0 spiro atoms. The predicted octanol–water partition coefficient (Wildman–Crippen LogP) is 4.90. The number of ketones is 1. The van der Waals surface area contributed by atoms with Crippen molar-refractivity contribution in [3.05, 3.63) is 64.2 Å². The molecule has 7 nitrogen and oxygen atoms in total. The normalized spacial score (nSPS) is 17.3. The number of rotatable bonds is 11. The van der Waals surface area contributed by atoms with Gasteiger partial charge in [0.25, 0.3) is 11.7 Å². The van der Waals surface area contributed by atoms with Crippen LogP contribution in [0.2, 0.25) is 5.02 Å². The van der Waals surface area contributed by atoms with Crippen molar-refractivity contribution < 1.29 is 24.2 Å². The number of likely N-dealkylation sites (tertiary alicyclic amines) is 1. The number of amides is 1. The number of Topliss-reactive ketones (excluding diaryl/α,β-unsaturated/α-hetero) is 1. The van der Waals surface area contributed by atoms with E-state index in [4.69, 9.17) is 21.1 Å². The highest BCUT2D eigenvalue weighted by atomic mass is 35.5. The molecule has 0 unspecified atom stereocenters. The van der Waals surface area contributed by atoms with Crippen molar-refractivity contribution in [3.8, 4) is 11.5 Å². The Labute approximate surface area is 211 Å². The molecule has 1 heterocycles. The molecular weight excluding hydrogens is 468 g/mol. The average molecular weight is 501 g/mol. The maximum Gasteiger partial charge on any atom is 0.295 e. The molecule has 35 heavy (non-hydrogen) atoms. The molecule has 2 aromatic rings. The standard InChI is InChI=1S/C27H33ClN2O5/c1-5-29(6-2)15-8-16-30-24(18-9-12-20(34-4)13-10-18)23(26(32)27(30)33)25(31)19-11-14-22(35-7-3)21(28)17-19/h9-14,17,24,31H,5-8,15-16H2,1-4H3/b25-23+/t24-/m1/s1. The SMILES string of the molecule is CCOc1ccc(/C(O)=C2\C(=O)C(=O)N(CCCN(CC)CC)[C@@H]2c2ccc(OC)cc2)cc1Cl. The van der Waals surface area contributed by atoms with Crippen LogP contribution in [-0.2, 0) is 9.59 Å². The van der Waals surface area contributed by atoms with E-state index in [2.05, 4.69) is 18.7 Å². The van der Waals surface area contributed by atoms with Gasteiger partial charge in [0.2, 0.25) is 0 Å². The Kier molecular flexibility index (Phi) is 9.18. The number of ether oxygens (including phenoxy) is 2. The Hall–Kier alpha value is -3.03. The number of hydrogen-bond acceptors (Lipinski definition) is 6. The lowest BCUT2D eigenvalue weighted by Crippen LogP contribution is -2.33. The molecule has 2 aromatic carbocycles. The lowest BCUT2D eigenvalue weighted by molar-refractivity contribution is -0.140. The number of carbonyl (C=O) groups is 2. The van der Waals surface area contributed by atoms with Crippen LogP contribution < -0.4 is 9.47 Å². The van der Waals surface area contributed by atoms with E-state index in [0.717, 1.165) is 19.6 Å². The summed E-state index contributed by atoms with van der Waals surface area (Å²) in [6.45, 7) is 9.50. The van der Waals surface area contributed by atoms with E-state index in [9.17, 15) is 14.7 Å². The molecule has 0 bridgehead atoms. The van der Waals surface area contributed by atoms with Gasteiger partial charge >= 0.3 is 0 Å². The second-order valence-electron chi connectivity index (χ2n) is 8.22. The zero-order valence-corrected chi connectivity index (χ0v) is 21.5. The van der Waals surface area contributed by atoms with Crippen LogP contribution >= 0.6 is 11.6 Å². The van der Waals surface area contributed by atoms with Crippen molar-refractivity contribution >= 4 is 29.1 Å². The van der Waals surface area contributed by atoms with E-state index in [0.29, 0.717) is 47.2 Å². The molecule has 0 saturated carbocycles. The molecule has 1 aliphatic rings. The zero-order chi connectivity index (χ0) is 25.5. The summed E-state index contributed by atoms with van der Waals surface area (Å²) in [6.07, 6.45) is 0.705. The number of halogens is 1. The number of benzene rings is 2. The topological polar surface area (TPSA) is 79.3 Å². The molecule has 1 amide bonds. The smallest absolute Gasteiger partial charge is 0.295 e. The predicted molar refractivity (Wildman–Crippen MR) is 137 cm³/mol. The van der Waals surface area contributed by atoms with E-state index in [-0.39, 0.29) is 11.3 Å². The van der Waals surface area contributed by atoms with Gasteiger partial charge in [-0.2, -0.15) is 0 Å². The van der Waals surface area contributed by atoms with Crippen LogP contribution in [0, 0.1) is 0 Å². The fourth-order valence-corrected chi connectivity index (χ4v) is 4.56. The fraction of sp³-hybridized carbons (Fsp3) is 0.407. The molecule has 0 aliphatic carbocycles. The van der Waals surface area contributed by atoms with E-state index in [1.807, 2.05) is 19.1 Å². The number of nitrogens with zero attached hydrogens (tertiary/aromatic N) is 2. The summed E-state index contributed by atoms with van der Waals surface area (Å²) in [5, 5.41) is 11.6. The number of hydrogen-bond donors (Lipinski definition) is 1. The largest absolute Gasteiger partial charge is 0.507 e. The summed E-state index contributed by atoms with van der Waals surface area (Å²) in [4.78, 5) is 30.1. The van der Waals surface area contributed by atoms with Gasteiger partial charge in [0.15, 0.2) is 0 Å². The van der Waals surface area contributed by atoms with Crippen LogP contribution in [0.3, 0.4) is 0 Å².